The second-order valence-corrected chi connectivity index (χ2v) is 24.7. The van der Waals surface area contributed by atoms with E-state index in [0.29, 0.717) is 22.3 Å². The largest absolute Gasteiger partial charge is 0.417 e. The lowest BCUT2D eigenvalue weighted by atomic mass is 9.95. The van der Waals surface area contributed by atoms with Gasteiger partial charge in [-0.3, -0.25) is 0 Å². The van der Waals surface area contributed by atoms with Gasteiger partial charge in [-0.05, 0) is 149 Å². The summed E-state index contributed by atoms with van der Waals surface area (Å²) >= 11 is 0. The monoisotopic (exact) mass is 1230 g/mol. The Hall–Kier alpha value is -12.3. The van der Waals surface area contributed by atoms with Crippen molar-refractivity contribution in [3.63, 3.8) is 0 Å². The van der Waals surface area contributed by atoms with Gasteiger partial charge in [-0.2, -0.15) is 13.2 Å². The predicted molar refractivity (Wildman–Crippen MR) is 386 cm³/mol. The number of nitrogens with zero attached hydrogens (tertiary/aromatic N) is 6. The van der Waals surface area contributed by atoms with E-state index in [1.165, 1.54) is 6.07 Å². The maximum absolute atomic E-state index is 15.4. The number of aryl methyl sites for hydroxylation is 1. The third-order valence-corrected chi connectivity index (χ3v) is 19.4. The molecular formula is C86H53F3N6. The van der Waals surface area contributed by atoms with E-state index in [9.17, 15) is 0 Å². The summed E-state index contributed by atoms with van der Waals surface area (Å²) in [4.78, 5) is 10.5. The van der Waals surface area contributed by atoms with Crippen LogP contribution in [0, 0.1) is 6.92 Å². The van der Waals surface area contributed by atoms with Crippen molar-refractivity contribution in [1.29, 1.82) is 0 Å². The molecule has 5 heterocycles. The lowest BCUT2D eigenvalue weighted by molar-refractivity contribution is -0.137. The molecule has 0 aliphatic rings. The molecule has 19 rings (SSSR count). The highest BCUT2D eigenvalue weighted by Gasteiger charge is 2.35. The molecule has 0 fully saturated rings. The molecule has 14 aromatic carbocycles. The molecule has 0 radical (unpaired) electrons. The molecule has 0 saturated heterocycles. The van der Waals surface area contributed by atoms with Gasteiger partial charge in [-0.1, -0.05) is 200 Å². The summed E-state index contributed by atoms with van der Waals surface area (Å²) in [6, 6.07) is 105. The van der Waals surface area contributed by atoms with Crippen molar-refractivity contribution in [3.8, 4) is 67.6 Å². The zero-order chi connectivity index (χ0) is 63.2. The highest BCUT2D eigenvalue weighted by molar-refractivity contribution is 6.24. The number of benzene rings is 14. The van der Waals surface area contributed by atoms with Gasteiger partial charge in [0.25, 0.3) is 0 Å². The van der Waals surface area contributed by atoms with Gasteiger partial charge >= 0.3 is 6.18 Å². The van der Waals surface area contributed by atoms with E-state index >= 15 is 13.2 Å². The van der Waals surface area contributed by atoms with Crippen molar-refractivity contribution in [2.75, 3.05) is 0 Å². The Kier molecular flexibility index (Phi) is 11.9. The molecule has 5 aromatic heterocycles. The van der Waals surface area contributed by atoms with E-state index in [2.05, 4.69) is 279 Å². The molecule has 0 aliphatic carbocycles. The molecule has 19 aromatic rings. The van der Waals surface area contributed by atoms with Gasteiger partial charge in [-0.15, -0.1) is 0 Å². The molecule has 6 nitrogen and oxygen atoms in total. The smallest absolute Gasteiger partial charge is 0.309 e. The highest BCUT2D eigenvalue weighted by atomic mass is 19.4. The fourth-order valence-corrected chi connectivity index (χ4v) is 15.6. The van der Waals surface area contributed by atoms with Crippen molar-refractivity contribution in [2.45, 2.75) is 13.1 Å². The molecule has 0 aliphatic heterocycles. The number of hydrogen-bond acceptors (Lipinski definition) is 2. The molecule has 9 heteroatoms. The summed E-state index contributed by atoms with van der Waals surface area (Å²) < 4.78 is 55.6. The molecule has 0 saturated carbocycles. The molecule has 0 amide bonds. The fourth-order valence-electron chi connectivity index (χ4n) is 15.6. The topological polar surface area (TPSA) is 45.5 Å². The lowest BCUT2D eigenvalue weighted by Gasteiger charge is -2.18. The maximum atomic E-state index is 15.4. The fraction of sp³-hybridized carbons (Fsp3) is 0.0233. The van der Waals surface area contributed by atoms with Crippen LogP contribution in [0.15, 0.2) is 303 Å². The number of para-hydroxylation sites is 6. The number of fused-ring (bicyclic) bond motifs is 15. The van der Waals surface area contributed by atoms with Crippen LogP contribution < -0.4 is 0 Å². The van der Waals surface area contributed by atoms with E-state index in [4.69, 9.17) is 9.97 Å². The van der Waals surface area contributed by atoms with Gasteiger partial charge in [0.2, 0.25) is 0 Å². The van der Waals surface area contributed by atoms with E-state index in [1.807, 2.05) is 24.3 Å². The number of alkyl halides is 3. The number of hydrogen-bond donors (Lipinski definition) is 0. The van der Waals surface area contributed by atoms with Crippen LogP contribution in [0.3, 0.4) is 0 Å². The first-order chi connectivity index (χ1) is 46.7. The SMILES string of the molecule is Cc1ccc(C(F)(F)F)c(-c2nc(-c3cc(-n4c5ccccc5c5c(-c6cccc7c6c6ccccc6n7-c6ccccc6)cccc54)cc(-n4c5ccccc5c5c(-c6cccc7c6c6ccccc6n7-c6ccccc6)cccc54)c3)c3c(ccc4ccccc43)n2)c1. The minimum Gasteiger partial charge on any atom is -0.309 e. The quantitative estimate of drug-likeness (QED) is 0.142. The molecular weight excluding hydrogens is 1170 g/mol. The molecule has 0 N–H and O–H groups in total. The Morgan fingerprint density at radius 3 is 1.09 bits per heavy atom. The van der Waals surface area contributed by atoms with E-state index in [0.717, 1.165) is 154 Å². The minimum absolute atomic E-state index is 0.0145. The van der Waals surface area contributed by atoms with Crippen LogP contribution in [0.1, 0.15) is 11.1 Å². The molecule has 0 unspecified atom stereocenters. The Morgan fingerprint density at radius 1 is 0.284 bits per heavy atom. The second-order valence-electron chi connectivity index (χ2n) is 24.7. The van der Waals surface area contributed by atoms with Crippen LogP contribution in [0.4, 0.5) is 13.2 Å². The highest BCUT2D eigenvalue weighted by Crippen LogP contribution is 2.49. The van der Waals surface area contributed by atoms with Crippen LogP contribution in [-0.2, 0) is 6.18 Å². The minimum atomic E-state index is -4.68. The summed E-state index contributed by atoms with van der Waals surface area (Å²) in [6.45, 7) is 1.80. The first-order valence-electron chi connectivity index (χ1n) is 32.0. The van der Waals surface area contributed by atoms with Crippen molar-refractivity contribution < 1.29 is 13.2 Å². The van der Waals surface area contributed by atoms with Crippen molar-refractivity contribution in [1.82, 2.24) is 28.2 Å². The van der Waals surface area contributed by atoms with Gasteiger partial charge in [0.05, 0.1) is 60.9 Å². The number of rotatable bonds is 8. The van der Waals surface area contributed by atoms with E-state index in [-0.39, 0.29) is 11.4 Å². The Balaban J connectivity index is 0.924. The molecule has 0 spiro atoms. The Morgan fingerprint density at radius 2 is 0.663 bits per heavy atom. The molecule has 0 bridgehead atoms. The van der Waals surface area contributed by atoms with Gasteiger partial charge in [-0.25, -0.2) is 9.97 Å². The summed E-state index contributed by atoms with van der Waals surface area (Å²) in [5.41, 5.74) is 18.1. The van der Waals surface area contributed by atoms with Crippen molar-refractivity contribution in [3.05, 3.63) is 314 Å². The zero-order valence-corrected chi connectivity index (χ0v) is 51.2. The summed E-state index contributed by atoms with van der Waals surface area (Å²) in [6.07, 6.45) is -4.68. The summed E-state index contributed by atoms with van der Waals surface area (Å²) in [5.74, 6) is -0.0145. The third-order valence-electron chi connectivity index (χ3n) is 19.4. The standard InChI is InChI=1S/C86H53F3N6/c1-52-44-46-69(86(87,88)89)68(48-52)85-90-70-47-45-53-22-8-9-27-59(53)83(70)84(91-85)54-49-57(94-73-38-16-12-30-66(73)81-62(34-20-42-77(81)94)60-32-18-40-75-79(60)64-28-10-14-36-71(64)92(75)55-23-4-2-5-24-55)51-58(50-54)95-74-39-17-13-31-67(74)82-63(35-21-43-78(82)95)61-33-19-41-76-80(61)65-29-11-15-37-72(65)93(76)56-25-6-3-7-26-56/h2-51H,1H3. The number of halogens is 3. The first kappa shape index (κ1) is 54.4. The third kappa shape index (κ3) is 8.25. The first-order valence-corrected chi connectivity index (χ1v) is 32.0. The Bertz CT molecular complexity index is 6110. The summed E-state index contributed by atoms with van der Waals surface area (Å²) in [5, 5.41) is 11.5. The molecule has 448 valence electrons. The van der Waals surface area contributed by atoms with Gasteiger partial charge in [0.1, 0.15) is 0 Å². The average molecular weight is 1230 g/mol. The normalized spacial score (nSPS) is 12.2. The van der Waals surface area contributed by atoms with E-state index in [1.54, 1.807) is 13.0 Å². The number of aromatic nitrogens is 6. The predicted octanol–water partition coefficient (Wildman–Crippen LogP) is 23.2. The average Bonchev–Trinajstić information content (AvgIpc) is 1.61. The van der Waals surface area contributed by atoms with Gasteiger partial charge in [0.15, 0.2) is 5.82 Å². The van der Waals surface area contributed by atoms with Crippen molar-refractivity contribution >= 4 is 109 Å². The van der Waals surface area contributed by atoms with Crippen molar-refractivity contribution in [2.24, 2.45) is 0 Å². The lowest BCUT2D eigenvalue weighted by Crippen LogP contribution is -2.09. The van der Waals surface area contributed by atoms with E-state index < -0.39 is 11.7 Å². The van der Waals surface area contributed by atoms with Crippen LogP contribution in [0.25, 0.3) is 177 Å². The van der Waals surface area contributed by atoms with Gasteiger partial charge in [0, 0.05) is 82.4 Å². The zero-order valence-electron chi connectivity index (χ0n) is 51.2. The van der Waals surface area contributed by atoms with Crippen LogP contribution in [0.2, 0.25) is 0 Å². The summed E-state index contributed by atoms with van der Waals surface area (Å²) in [7, 11) is 0. The maximum Gasteiger partial charge on any atom is 0.417 e. The Labute approximate surface area is 542 Å². The van der Waals surface area contributed by atoms with Crippen LogP contribution in [-0.4, -0.2) is 28.2 Å². The molecule has 95 heavy (non-hydrogen) atoms. The van der Waals surface area contributed by atoms with Crippen LogP contribution >= 0.6 is 0 Å². The van der Waals surface area contributed by atoms with Gasteiger partial charge < -0.3 is 18.3 Å². The molecule has 0 atom stereocenters. The van der Waals surface area contributed by atoms with Crippen LogP contribution in [0.5, 0.6) is 0 Å². The second kappa shape index (κ2) is 20.8.